The SMILES string of the molecule is Cc1cc(C=O)nc(-c2nccn2C)n1. The molecule has 0 amide bonds. The maximum atomic E-state index is 10.6. The molecule has 2 rings (SSSR count). The van der Waals surface area contributed by atoms with Gasteiger partial charge in [-0.1, -0.05) is 0 Å². The summed E-state index contributed by atoms with van der Waals surface area (Å²) in [6, 6.07) is 1.64. The molecule has 5 heteroatoms. The van der Waals surface area contributed by atoms with Gasteiger partial charge in [0.15, 0.2) is 17.9 Å². The van der Waals surface area contributed by atoms with E-state index in [0.29, 0.717) is 23.6 Å². The van der Waals surface area contributed by atoms with E-state index in [1.807, 2.05) is 24.7 Å². The molecule has 0 N–H and O–H groups in total. The van der Waals surface area contributed by atoms with Crippen LogP contribution in [0.5, 0.6) is 0 Å². The Morgan fingerprint density at radius 1 is 1.40 bits per heavy atom. The molecule has 0 fully saturated rings. The highest BCUT2D eigenvalue weighted by molar-refractivity contribution is 5.72. The second kappa shape index (κ2) is 3.61. The Labute approximate surface area is 86.8 Å². The quantitative estimate of drug-likeness (QED) is 0.681. The normalized spacial score (nSPS) is 10.3. The lowest BCUT2D eigenvalue weighted by molar-refractivity contribution is 0.111. The third-order valence-electron chi connectivity index (χ3n) is 2.02. The van der Waals surface area contributed by atoms with Gasteiger partial charge in [-0.2, -0.15) is 0 Å². The van der Waals surface area contributed by atoms with Gasteiger partial charge in [-0.05, 0) is 13.0 Å². The summed E-state index contributed by atoms with van der Waals surface area (Å²) in [6.45, 7) is 1.82. The van der Waals surface area contributed by atoms with Gasteiger partial charge in [-0.15, -0.1) is 0 Å². The van der Waals surface area contributed by atoms with Gasteiger partial charge in [0.25, 0.3) is 0 Å². The molecule has 0 saturated heterocycles. The minimum absolute atomic E-state index is 0.375. The minimum Gasteiger partial charge on any atom is -0.331 e. The van der Waals surface area contributed by atoms with Crippen molar-refractivity contribution in [1.29, 1.82) is 0 Å². The number of hydrogen-bond acceptors (Lipinski definition) is 4. The highest BCUT2D eigenvalue weighted by Gasteiger charge is 2.08. The molecule has 2 aromatic heterocycles. The van der Waals surface area contributed by atoms with Crippen LogP contribution in [0.3, 0.4) is 0 Å². The molecular formula is C10H10N4O. The number of hydrogen-bond donors (Lipinski definition) is 0. The highest BCUT2D eigenvalue weighted by atomic mass is 16.1. The number of aldehydes is 1. The number of rotatable bonds is 2. The van der Waals surface area contributed by atoms with Gasteiger partial charge in [0.05, 0.1) is 0 Å². The second-order valence-corrected chi connectivity index (χ2v) is 3.24. The summed E-state index contributed by atoms with van der Waals surface area (Å²) < 4.78 is 1.81. The second-order valence-electron chi connectivity index (χ2n) is 3.24. The van der Waals surface area contributed by atoms with E-state index >= 15 is 0 Å². The standard InChI is InChI=1S/C10H10N4O/c1-7-5-8(6-15)13-9(12-7)10-11-3-4-14(10)2/h3-6H,1-2H3. The first kappa shape index (κ1) is 9.51. The van der Waals surface area contributed by atoms with Crippen LogP contribution in [-0.4, -0.2) is 25.8 Å². The largest absolute Gasteiger partial charge is 0.331 e. The molecule has 0 atom stereocenters. The lowest BCUT2D eigenvalue weighted by Gasteiger charge is -2.02. The van der Waals surface area contributed by atoms with Crippen LogP contribution in [0, 0.1) is 6.92 Å². The summed E-state index contributed by atoms with van der Waals surface area (Å²) in [4.78, 5) is 23.1. The Kier molecular flexibility index (Phi) is 2.29. The third kappa shape index (κ3) is 1.76. The zero-order chi connectivity index (χ0) is 10.8. The average molecular weight is 202 g/mol. The predicted molar refractivity (Wildman–Crippen MR) is 54.4 cm³/mol. The summed E-state index contributed by atoms with van der Waals surface area (Å²) in [5, 5.41) is 0. The van der Waals surface area contributed by atoms with Gasteiger partial charge in [0.2, 0.25) is 0 Å². The van der Waals surface area contributed by atoms with Crippen LogP contribution in [0.4, 0.5) is 0 Å². The first-order chi connectivity index (χ1) is 7.20. The Bertz CT molecular complexity index is 504. The smallest absolute Gasteiger partial charge is 0.196 e. The summed E-state index contributed by atoms with van der Waals surface area (Å²) in [5.41, 5.74) is 1.13. The van der Waals surface area contributed by atoms with E-state index in [1.165, 1.54) is 0 Å². The van der Waals surface area contributed by atoms with Crippen molar-refractivity contribution in [2.45, 2.75) is 6.92 Å². The molecule has 5 nitrogen and oxygen atoms in total. The number of imidazole rings is 1. The molecule has 2 aromatic rings. The van der Waals surface area contributed by atoms with Crippen molar-refractivity contribution >= 4 is 6.29 Å². The zero-order valence-corrected chi connectivity index (χ0v) is 8.51. The van der Waals surface area contributed by atoms with Gasteiger partial charge in [0.1, 0.15) is 5.69 Å². The Hall–Kier alpha value is -2.04. The Morgan fingerprint density at radius 3 is 2.80 bits per heavy atom. The zero-order valence-electron chi connectivity index (χ0n) is 8.51. The van der Waals surface area contributed by atoms with Crippen LogP contribution in [0.25, 0.3) is 11.6 Å². The van der Waals surface area contributed by atoms with Crippen molar-refractivity contribution in [1.82, 2.24) is 19.5 Å². The predicted octanol–water partition coefficient (Wildman–Crippen LogP) is 0.998. The molecule has 2 heterocycles. The maximum absolute atomic E-state index is 10.6. The van der Waals surface area contributed by atoms with E-state index in [9.17, 15) is 4.79 Å². The molecule has 0 aromatic carbocycles. The number of aryl methyl sites for hydroxylation is 2. The van der Waals surface area contributed by atoms with Crippen LogP contribution in [0.15, 0.2) is 18.5 Å². The summed E-state index contributed by atoms with van der Waals surface area (Å²) >= 11 is 0. The van der Waals surface area contributed by atoms with E-state index < -0.39 is 0 Å². The fourth-order valence-electron chi connectivity index (χ4n) is 1.33. The van der Waals surface area contributed by atoms with E-state index in [-0.39, 0.29) is 0 Å². The van der Waals surface area contributed by atoms with Gasteiger partial charge < -0.3 is 4.57 Å². The maximum Gasteiger partial charge on any atom is 0.196 e. The van der Waals surface area contributed by atoms with Crippen molar-refractivity contribution in [2.24, 2.45) is 7.05 Å². The van der Waals surface area contributed by atoms with Gasteiger partial charge in [0, 0.05) is 25.1 Å². The van der Waals surface area contributed by atoms with Crippen molar-refractivity contribution in [3.8, 4) is 11.6 Å². The molecule has 0 aliphatic carbocycles. The molecule has 0 unspecified atom stereocenters. The number of aromatic nitrogens is 4. The third-order valence-corrected chi connectivity index (χ3v) is 2.02. The van der Waals surface area contributed by atoms with Crippen molar-refractivity contribution in [3.63, 3.8) is 0 Å². The first-order valence-electron chi connectivity index (χ1n) is 4.49. The fourth-order valence-corrected chi connectivity index (χ4v) is 1.33. The number of carbonyl (C=O) groups is 1. The van der Waals surface area contributed by atoms with Crippen LogP contribution < -0.4 is 0 Å². The molecule has 15 heavy (non-hydrogen) atoms. The van der Waals surface area contributed by atoms with Crippen molar-refractivity contribution in [2.75, 3.05) is 0 Å². The molecular weight excluding hydrogens is 192 g/mol. The van der Waals surface area contributed by atoms with E-state index in [0.717, 1.165) is 5.69 Å². The minimum atomic E-state index is 0.375. The van der Waals surface area contributed by atoms with Gasteiger partial charge in [-0.25, -0.2) is 15.0 Å². The fraction of sp³-hybridized carbons (Fsp3) is 0.200. The molecule has 0 saturated carbocycles. The molecule has 0 aliphatic rings. The molecule has 0 radical (unpaired) electrons. The van der Waals surface area contributed by atoms with Crippen LogP contribution in [0.2, 0.25) is 0 Å². The molecule has 0 spiro atoms. The van der Waals surface area contributed by atoms with E-state index in [1.54, 1.807) is 12.3 Å². The van der Waals surface area contributed by atoms with Crippen molar-refractivity contribution in [3.05, 3.63) is 29.8 Å². The number of carbonyl (C=O) groups excluding carboxylic acids is 1. The monoisotopic (exact) mass is 202 g/mol. The summed E-state index contributed by atoms with van der Waals surface area (Å²) in [7, 11) is 1.86. The topological polar surface area (TPSA) is 60.7 Å². The van der Waals surface area contributed by atoms with Crippen molar-refractivity contribution < 1.29 is 4.79 Å². The first-order valence-corrected chi connectivity index (χ1v) is 4.49. The number of nitrogens with zero attached hydrogens (tertiary/aromatic N) is 4. The summed E-state index contributed by atoms with van der Waals surface area (Å²) in [6.07, 6.45) is 4.18. The van der Waals surface area contributed by atoms with E-state index in [2.05, 4.69) is 15.0 Å². The lowest BCUT2D eigenvalue weighted by Crippen LogP contribution is -2.01. The van der Waals surface area contributed by atoms with Gasteiger partial charge in [-0.3, -0.25) is 4.79 Å². The summed E-state index contributed by atoms with van der Waals surface area (Å²) in [5.74, 6) is 1.13. The molecule has 0 bridgehead atoms. The van der Waals surface area contributed by atoms with Crippen LogP contribution in [0.1, 0.15) is 16.2 Å². The van der Waals surface area contributed by atoms with Gasteiger partial charge >= 0.3 is 0 Å². The Balaban J connectivity index is 2.58. The lowest BCUT2D eigenvalue weighted by atomic mass is 10.3. The molecule has 76 valence electrons. The highest BCUT2D eigenvalue weighted by Crippen LogP contribution is 2.11. The van der Waals surface area contributed by atoms with E-state index in [4.69, 9.17) is 0 Å². The Morgan fingerprint density at radius 2 is 2.20 bits per heavy atom. The molecule has 0 aliphatic heterocycles. The van der Waals surface area contributed by atoms with Crippen LogP contribution >= 0.6 is 0 Å². The van der Waals surface area contributed by atoms with Crippen LogP contribution in [-0.2, 0) is 7.05 Å². The average Bonchev–Trinajstić information content (AvgIpc) is 2.63.